The molecular formula is C10H10N2O2S. The van der Waals surface area contributed by atoms with E-state index in [1.165, 1.54) is 18.6 Å². The molecule has 0 spiro atoms. The van der Waals surface area contributed by atoms with Crippen LogP contribution in [0.1, 0.15) is 5.56 Å². The summed E-state index contributed by atoms with van der Waals surface area (Å²) in [5.74, 6) is 0. The number of nitrogens with zero attached hydrogens (tertiary/aromatic N) is 1. The summed E-state index contributed by atoms with van der Waals surface area (Å²) in [6.45, 7) is 0.251. The molecule has 2 rings (SSSR count). The molecule has 1 aromatic carbocycles. The first kappa shape index (κ1) is 9.92. The maximum atomic E-state index is 10.9. The Labute approximate surface area is 91.0 Å². The Morgan fingerprint density at radius 1 is 1.60 bits per heavy atom. The molecule has 78 valence electrons. The van der Waals surface area contributed by atoms with Gasteiger partial charge in [-0.2, -0.15) is 4.37 Å². The van der Waals surface area contributed by atoms with Crippen LogP contribution in [-0.4, -0.2) is 17.5 Å². The van der Waals surface area contributed by atoms with Crippen molar-refractivity contribution < 1.29 is 9.53 Å². The molecule has 0 aliphatic carbocycles. The van der Waals surface area contributed by atoms with Gasteiger partial charge >= 0.3 is 6.09 Å². The Morgan fingerprint density at radius 2 is 2.47 bits per heavy atom. The molecule has 4 nitrogen and oxygen atoms in total. The molecule has 0 aliphatic heterocycles. The van der Waals surface area contributed by atoms with Crippen LogP contribution < -0.4 is 5.32 Å². The summed E-state index contributed by atoms with van der Waals surface area (Å²) in [7, 11) is 1.53. The molecule has 0 saturated carbocycles. The minimum atomic E-state index is -0.428. The maximum Gasteiger partial charge on any atom is 0.407 e. The summed E-state index contributed by atoms with van der Waals surface area (Å²) in [5.41, 5.74) is 1.84. The quantitative estimate of drug-likeness (QED) is 0.847. The average Bonchev–Trinajstić information content (AvgIpc) is 2.74. The summed E-state index contributed by atoms with van der Waals surface area (Å²) in [6, 6.07) is 5.83. The fraction of sp³-hybridized carbons (Fsp3) is 0.200. The highest BCUT2D eigenvalue weighted by atomic mass is 32.1. The number of aromatic nitrogens is 1. The predicted octanol–water partition coefficient (Wildman–Crippen LogP) is 2.15. The number of rotatable bonds is 2. The van der Waals surface area contributed by atoms with E-state index >= 15 is 0 Å². The molecule has 0 fully saturated rings. The fourth-order valence-electron chi connectivity index (χ4n) is 1.29. The second-order valence-electron chi connectivity index (χ2n) is 3.00. The van der Waals surface area contributed by atoms with Gasteiger partial charge in [0.2, 0.25) is 0 Å². The SMILES string of the molecule is CNC(=O)OCc1cccc2csnc12. The topological polar surface area (TPSA) is 51.2 Å². The van der Waals surface area contributed by atoms with Crippen LogP contribution in [0.15, 0.2) is 23.6 Å². The predicted molar refractivity (Wildman–Crippen MR) is 58.9 cm³/mol. The van der Waals surface area contributed by atoms with Gasteiger partial charge in [-0.05, 0) is 11.5 Å². The van der Waals surface area contributed by atoms with E-state index in [1.807, 2.05) is 23.6 Å². The molecule has 1 aromatic heterocycles. The summed E-state index contributed by atoms with van der Waals surface area (Å²) >= 11 is 1.40. The van der Waals surface area contributed by atoms with Crippen LogP contribution >= 0.6 is 11.5 Å². The van der Waals surface area contributed by atoms with Crippen molar-refractivity contribution in [2.45, 2.75) is 6.61 Å². The Balaban J connectivity index is 2.20. The zero-order chi connectivity index (χ0) is 10.7. The normalized spacial score (nSPS) is 10.2. The zero-order valence-electron chi connectivity index (χ0n) is 8.19. The minimum absolute atomic E-state index is 0.251. The molecule has 0 bridgehead atoms. The monoisotopic (exact) mass is 222 g/mol. The molecule has 0 aliphatic rings. The van der Waals surface area contributed by atoms with Crippen molar-refractivity contribution in [1.29, 1.82) is 0 Å². The Bertz CT molecular complexity index is 481. The van der Waals surface area contributed by atoms with Crippen LogP contribution in [0.3, 0.4) is 0 Å². The summed E-state index contributed by atoms with van der Waals surface area (Å²) in [5, 5.41) is 5.45. The highest BCUT2D eigenvalue weighted by Gasteiger charge is 2.05. The van der Waals surface area contributed by atoms with E-state index in [0.717, 1.165) is 16.5 Å². The Hall–Kier alpha value is -1.62. The van der Waals surface area contributed by atoms with Crippen LogP contribution in [0.2, 0.25) is 0 Å². The van der Waals surface area contributed by atoms with Crippen LogP contribution in [0.5, 0.6) is 0 Å². The van der Waals surface area contributed by atoms with Gasteiger partial charge < -0.3 is 10.1 Å². The third kappa shape index (κ3) is 2.07. The van der Waals surface area contributed by atoms with Gasteiger partial charge in [-0.15, -0.1) is 0 Å². The molecule has 1 N–H and O–H groups in total. The molecule has 0 unspecified atom stereocenters. The third-order valence-corrected chi connectivity index (χ3v) is 2.68. The zero-order valence-corrected chi connectivity index (χ0v) is 9.00. The van der Waals surface area contributed by atoms with Gasteiger partial charge in [0.1, 0.15) is 6.61 Å². The summed E-state index contributed by atoms with van der Waals surface area (Å²) < 4.78 is 9.22. The molecule has 5 heteroatoms. The smallest absolute Gasteiger partial charge is 0.407 e. The molecule has 1 amide bonds. The first-order valence-corrected chi connectivity index (χ1v) is 5.31. The third-order valence-electron chi connectivity index (χ3n) is 2.04. The summed E-state index contributed by atoms with van der Waals surface area (Å²) in [6.07, 6.45) is -0.428. The van der Waals surface area contributed by atoms with Crippen molar-refractivity contribution in [3.8, 4) is 0 Å². The number of amides is 1. The van der Waals surface area contributed by atoms with E-state index in [-0.39, 0.29) is 6.61 Å². The van der Waals surface area contributed by atoms with E-state index in [9.17, 15) is 4.79 Å². The highest BCUT2D eigenvalue weighted by molar-refractivity contribution is 7.04. The van der Waals surface area contributed by atoms with Gasteiger partial charge in [0.15, 0.2) is 0 Å². The standard InChI is InChI=1S/C10H10N2O2S/c1-11-10(13)14-5-7-3-2-4-8-6-15-12-9(7)8/h2-4,6H,5H2,1H3,(H,11,13). The first-order chi connectivity index (χ1) is 7.31. The number of carbonyl (C=O) groups is 1. The Morgan fingerprint density at radius 3 is 3.27 bits per heavy atom. The molecule has 0 atom stereocenters. The average molecular weight is 222 g/mol. The second kappa shape index (κ2) is 4.27. The lowest BCUT2D eigenvalue weighted by Gasteiger charge is -2.04. The molecule has 0 radical (unpaired) electrons. The molecule has 1 heterocycles. The van der Waals surface area contributed by atoms with Crippen LogP contribution in [0, 0.1) is 0 Å². The van der Waals surface area contributed by atoms with Gasteiger partial charge in [-0.3, -0.25) is 0 Å². The number of nitrogens with one attached hydrogen (secondary N) is 1. The number of fused-ring (bicyclic) bond motifs is 1. The maximum absolute atomic E-state index is 10.9. The Kier molecular flexibility index (Phi) is 2.82. The number of benzene rings is 1. The van der Waals surface area contributed by atoms with Crippen LogP contribution in [0.25, 0.3) is 10.9 Å². The summed E-state index contributed by atoms with van der Waals surface area (Å²) in [4.78, 5) is 10.9. The van der Waals surface area contributed by atoms with Gasteiger partial charge in [-0.1, -0.05) is 18.2 Å². The highest BCUT2D eigenvalue weighted by Crippen LogP contribution is 2.19. The number of ether oxygens (including phenoxy) is 1. The lowest BCUT2D eigenvalue weighted by atomic mass is 10.1. The second-order valence-corrected chi connectivity index (χ2v) is 3.62. The van der Waals surface area contributed by atoms with Crippen LogP contribution in [-0.2, 0) is 11.3 Å². The van der Waals surface area contributed by atoms with E-state index in [4.69, 9.17) is 4.74 Å². The lowest BCUT2D eigenvalue weighted by Crippen LogP contribution is -2.18. The van der Waals surface area contributed by atoms with E-state index in [0.29, 0.717) is 0 Å². The minimum Gasteiger partial charge on any atom is -0.445 e. The van der Waals surface area contributed by atoms with Crippen molar-refractivity contribution in [3.05, 3.63) is 29.1 Å². The van der Waals surface area contributed by atoms with Gasteiger partial charge in [0.25, 0.3) is 0 Å². The van der Waals surface area contributed by atoms with Crippen molar-refractivity contribution in [2.75, 3.05) is 7.05 Å². The van der Waals surface area contributed by atoms with E-state index < -0.39 is 6.09 Å². The largest absolute Gasteiger partial charge is 0.445 e. The molecule has 0 saturated heterocycles. The molecule has 2 aromatic rings. The van der Waals surface area contributed by atoms with E-state index in [1.54, 1.807) is 0 Å². The molecular weight excluding hydrogens is 212 g/mol. The van der Waals surface area contributed by atoms with Crippen molar-refractivity contribution >= 4 is 28.5 Å². The van der Waals surface area contributed by atoms with Crippen molar-refractivity contribution in [1.82, 2.24) is 9.69 Å². The van der Waals surface area contributed by atoms with Crippen molar-refractivity contribution in [3.63, 3.8) is 0 Å². The number of alkyl carbamates (subject to hydrolysis) is 1. The number of hydrogen-bond donors (Lipinski definition) is 1. The first-order valence-electron chi connectivity index (χ1n) is 4.48. The lowest BCUT2D eigenvalue weighted by molar-refractivity contribution is 0.142. The van der Waals surface area contributed by atoms with E-state index in [2.05, 4.69) is 9.69 Å². The van der Waals surface area contributed by atoms with Gasteiger partial charge in [-0.25, -0.2) is 4.79 Å². The molecule has 15 heavy (non-hydrogen) atoms. The van der Waals surface area contributed by atoms with Crippen LogP contribution in [0.4, 0.5) is 4.79 Å². The van der Waals surface area contributed by atoms with Crippen molar-refractivity contribution in [2.24, 2.45) is 0 Å². The fourth-order valence-corrected chi connectivity index (χ4v) is 1.97. The van der Waals surface area contributed by atoms with Gasteiger partial charge in [0, 0.05) is 23.4 Å². The number of carbonyl (C=O) groups excluding carboxylic acids is 1. The number of hydrogen-bond acceptors (Lipinski definition) is 4. The van der Waals surface area contributed by atoms with Gasteiger partial charge in [0.05, 0.1) is 5.52 Å².